The summed E-state index contributed by atoms with van der Waals surface area (Å²) in [5.74, 6) is -3.65. The Morgan fingerprint density at radius 1 is 0.900 bits per heavy atom. The van der Waals surface area contributed by atoms with E-state index in [2.05, 4.69) is 19.5 Å². The standard InChI is InChI=1S/C18H16N4O12S3.3Na/c23-17-15(16(18(24)25)21-22(17)12-3-7-14(8-4-12)36(28,29)30)20-19-11-1-5-13(6-2-11)35(26,27)10-9-34-37(31,32)33;;;/h1-8,15H,9-10H2,(H,24,25)(H,28,29,30)(H,31,32,33);;;/q;3*+1/p-3. The molecule has 2 aromatic carbocycles. The molecule has 0 aromatic heterocycles. The van der Waals surface area contributed by atoms with Gasteiger partial charge in [0.2, 0.25) is 10.4 Å². The topological polar surface area (TPSA) is 255 Å². The van der Waals surface area contributed by atoms with Crippen molar-refractivity contribution in [3.63, 3.8) is 0 Å². The molecule has 1 amide bonds. The van der Waals surface area contributed by atoms with Crippen LogP contribution in [0.1, 0.15) is 0 Å². The van der Waals surface area contributed by atoms with Gasteiger partial charge in [-0.15, -0.1) is 0 Å². The molecule has 1 aliphatic rings. The van der Waals surface area contributed by atoms with Crippen LogP contribution in [0.3, 0.4) is 0 Å². The van der Waals surface area contributed by atoms with Crippen LogP contribution in [0, 0.1) is 0 Å². The predicted molar refractivity (Wildman–Crippen MR) is 117 cm³/mol. The molecule has 0 N–H and O–H groups in total. The van der Waals surface area contributed by atoms with E-state index < -0.39 is 71.2 Å². The zero-order valence-corrected chi connectivity index (χ0v) is 29.5. The summed E-state index contributed by atoms with van der Waals surface area (Å²) in [6.45, 7) is -0.892. The Hall–Kier alpha value is -0.620. The number of aliphatic carboxylic acids is 1. The zero-order valence-electron chi connectivity index (χ0n) is 21.0. The van der Waals surface area contributed by atoms with Gasteiger partial charge in [-0.2, -0.15) is 20.3 Å². The monoisotopic (exact) mass is 642 g/mol. The molecule has 0 fully saturated rings. The summed E-state index contributed by atoms with van der Waals surface area (Å²) in [4.78, 5) is 23.3. The van der Waals surface area contributed by atoms with Crippen LogP contribution in [0.15, 0.2) is 73.7 Å². The minimum atomic E-state index is -5.06. The van der Waals surface area contributed by atoms with Gasteiger partial charge >= 0.3 is 88.7 Å². The van der Waals surface area contributed by atoms with E-state index in [0.717, 1.165) is 48.5 Å². The first kappa shape index (κ1) is 39.4. The molecule has 1 unspecified atom stereocenters. The van der Waals surface area contributed by atoms with Crippen molar-refractivity contribution < 1.29 is 142 Å². The van der Waals surface area contributed by atoms with Crippen LogP contribution in [0.5, 0.6) is 0 Å². The van der Waals surface area contributed by atoms with E-state index in [0.29, 0.717) is 5.01 Å². The van der Waals surface area contributed by atoms with E-state index in [1.54, 1.807) is 0 Å². The summed E-state index contributed by atoms with van der Waals surface area (Å²) in [7, 11) is -13.9. The van der Waals surface area contributed by atoms with Crippen LogP contribution >= 0.6 is 0 Å². The first-order chi connectivity index (χ1) is 17.1. The van der Waals surface area contributed by atoms with E-state index in [1.165, 1.54) is 0 Å². The number of hydrazone groups is 1. The van der Waals surface area contributed by atoms with E-state index in [4.69, 9.17) is 0 Å². The van der Waals surface area contributed by atoms with Gasteiger partial charge in [0, 0.05) is 0 Å². The molecule has 2 aromatic rings. The van der Waals surface area contributed by atoms with E-state index >= 15 is 0 Å². The molecule has 0 saturated carbocycles. The molecule has 1 heterocycles. The van der Waals surface area contributed by atoms with E-state index in [9.17, 15) is 49.1 Å². The number of carboxylic acid groups (broad SMARTS) is 1. The third kappa shape index (κ3) is 10.6. The van der Waals surface area contributed by atoms with Crippen molar-refractivity contribution in [2.45, 2.75) is 15.8 Å². The fourth-order valence-corrected chi connectivity index (χ4v) is 4.80. The van der Waals surface area contributed by atoms with Gasteiger partial charge in [-0.1, -0.05) is 0 Å². The Morgan fingerprint density at radius 3 is 1.90 bits per heavy atom. The molecule has 198 valence electrons. The van der Waals surface area contributed by atoms with Crippen LogP contribution in [0.4, 0.5) is 11.4 Å². The number of hydrogen-bond donors (Lipinski definition) is 0. The molecular formula is C18H13N4Na3O12S3. The van der Waals surface area contributed by atoms with Crippen molar-refractivity contribution in [2.24, 2.45) is 15.3 Å². The second-order valence-corrected chi connectivity index (χ2v) is 11.6. The minimum Gasteiger partial charge on any atom is -0.744 e. The molecule has 16 nitrogen and oxygen atoms in total. The second kappa shape index (κ2) is 15.7. The van der Waals surface area contributed by atoms with Crippen molar-refractivity contribution in [2.75, 3.05) is 17.4 Å². The molecule has 1 atom stereocenters. The molecule has 0 bridgehead atoms. The third-order valence-electron chi connectivity index (χ3n) is 4.55. The van der Waals surface area contributed by atoms with Gasteiger partial charge in [-0.25, -0.2) is 25.3 Å². The first-order valence-corrected chi connectivity index (χ1v) is 14.0. The SMILES string of the molecule is O=C([O-])C1=NN(c2ccc(S(=O)(=O)[O-])cc2)C(=O)C1N=Nc1ccc(S(=O)(=O)CCOS(=O)(=O)[O-])cc1.[Na+].[Na+].[Na+]. The zero-order chi connectivity index (χ0) is 27.6. The molecular weight excluding hydrogens is 629 g/mol. The van der Waals surface area contributed by atoms with Crippen molar-refractivity contribution in [1.29, 1.82) is 0 Å². The maximum atomic E-state index is 12.7. The molecule has 0 saturated heterocycles. The summed E-state index contributed by atoms with van der Waals surface area (Å²) in [6, 6.07) is 6.57. The van der Waals surface area contributed by atoms with Crippen LogP contribution in [-0.2, 0) is 44.1 Å². The number of azo groups is 1. The van der Waals surface area contributed by atoms with Gasteiger partial charge in [-0.3, -0.25) is 8.98 Å². The van der Waals surface area contributed by atoms with Crippen LogP contribution in [-0.4, -0.2) is 70.3 Å². The molecule has 40 heavy (non-hydrogen) atoms. The van der Waals surface area contributed by atoms with Crippen LogP contribution in [0.2, 0.25) is 0 Å². The Bertz CT molecular complexity index is 1610. The third-order valence-corrected chi connectivity index (χ3v) is 7.55. The molecule has 3 rings (SSSR count). The first-order valence-electron chi connectivity index (χ1n) is 9.62. The number of anilines is 1. The van der Waals surface area contributed by atoms with Crippen LogP contribution < -0.4 is 98.8 Å². The smallest absolute Gasteiger partial charge is 0.744 e. The fourth-order valence-electron chi connectivity index (χ4n) is 2.85. The van der Waals surface area contributed by atoms with E-state index in [-0.39, 0.29) is 105 Å². The average molecular weight is 642 g/mol. The Morgan fingerprint density at radius 2 is 1.43 bits per heavy atom. The number of carbonyl (C=O) groups is 2. The average Bonchev–Trinajstić information content (AvgIpc) is 3.13. The second-order valence-electron chi connectivity index (χ2n) is 7.03. The van der Waals surface area contributed by atoms with Gasteiger partial charge in [-0.05, 0) is 48.5 Å². The Kier molecular flexibility index (Phi) is 15.5. The maximum absolute atomic E-state index is 12.7. The summed E-state index contributed by atoms with van der Waals surface area (Å²) < 4.78 is 92.6. The van der Waals surface area contributed by atoms with Crippen LogP contribution in [0.25, 0.3) is 0 Å². The van der Waals surface area contributed by atoms with Crippen molar-refractivity contribution >= 4 is 59.3 Å². The van der Waals surface area contributed by atoms with Gasteiger partial charge in [0.1, 0.15) is 15.8 Å². The minimum absolute atomic E-state index is 0. The molecule has 0 spiro atoms. The van der Waals surface area contributed by atoms with Crippen molar-refractivity contribution in [3.05, 3.63) is 48.5 Å². The largest absolute Gasteiger partial charge is 1.00 e. The number of carboxylic acids is 1. The normalized spacial score (nSPS) is 15.6. The Labute approximate surface area is 294 Å². The number of benzene rings is 2. The van der Waals surface area contributed by atoms with Crippen molar-refractivity contribution in [1.82, 2.24) is 0 Å². The van der Waals surface area contributed by atoms with Gasteiger partial charge in [0.25, 0.3) is 5.91 Å². The number of rotatable bonds is 10. The number of amides is 1. The molecule has 1 aliphatic heterocycles. The molecule has 0 radical (unpaired) electrons. The van der Waals surface area contributed by atoms with E-state index in [1.807, 2.05) is 0 Å². The van der Waals surface area contributed by atoms with Gasteiger partial charge in [0.15, 0.2) is 15.9 Å². The summed E-state index contributed by atoms with van der Waals surface area (Å²) >= 11 is 0. The Balaban J connectivity index is 0.00000507. The summed E-state index contributed by atoms with van der Waals surface area (Å²) in [5, 5.41) is 23.0. The number of sulfone groups is 1. The quantitative estimate of drug-likeness (QED) is 0.101. The van der Waals surface area contributed by atoms with Crippen molar-refractivity contribution in [3.8, 4) is 0 Å². The summed E-state index contributed by atoms with van der Waals surface area (Å²) in [5.41, 5.74) is -0.898. The molecule has 0 aliphatic carbocycles. The number of carbonyl (C=O) groups excluding carboxylic acids is 2. The number of hydrogen-bond acceptors (Lipinski definition) is 15. The molecule has 22 heteroatoms. The van der Waals surface area contributed by atoms with Gasteiger partial charge < -0.3 is 19.0 Å². The maximum Gasteiger partial charge on any atom is 1.00 e. The fraction of sp³-hybridized carbons (Fsp3) is 0.167. The predicted octanol–water partition coefficient (Wildman–Crippen LogP) is -10.5. The van der Waals surface area contributed by atoms with Gasteiger partial charge in [0.05, 0.1) is 39.5 Å². The summed E-state index contributed by atoms with van der Waals surface area (Å²) in [6.07, 6.45) is 0. The number of nitrogens with zero attached hydrogens (tertiary/aromatic N) is 4.